The monoisotopic (exact) mass is 366 g/mol. The Morgan fingerprint density at radius 3 is 2.62 bits per heavy atom. The third-order valence-electron chi connectivity index (χ3n) is 3.60. The summed E-state index contributed by atoms with van der Waals surface area (Å²) in [5.74, 6) is 0.529. The van der Waals surface area contributed by atoms with Gasteiger partial charge in [0.25, 0.3) is 0 Å². The molecule has 1 amide bonds. The molecular formula is C18H20Cl2N2O2. The number of ether oxygens (including phenoxy) is 1. The van der Waals surface area contributed by atoms with Gasteiger partial charge in [0.1, 0.15) is 5.75 Å². The Morgan fingerprint density at radius 2 is 1.96 bits per heavy atom. The molecule has 128 valence electrons. The van der Waals surface area contributed by atoms with Crippen LogP contribution in [0.15, 0.2) is 42.5 Å². The van der Waals surface area contributed by atoms with Crippen molar-refractivity contribution in [2.24, 2.45) is 0 Å². The first-order valence-electron chi connectivity index (χ1n) is 7.62. The molecule has 24 heavy (non-hydrogen) atoms. The van der Waals surface area contributed by atoms with E-state index < -0.39 is 0 Å². The van der Waals surface area contributed by atoms with Gasteiger partial charge in [0, 0.05) is 16.6 Å². The van der Waals surface area contributed by atoms with Crippen LogP contribution in [0.1, 0.15) is 12.5 Å². The van der Waals surface area contributed by atoms with Crippen LogP contribution < -0.4 is 10.1 Å². The quantitative estimate of drug-likeness (QED) is 0.786. The van der Waals surface area contributed by atoms with Gasteiger partial charge in [0.05, 0.1) is 19.3 Å². The summed E-state index contributed by atoms with van der Waals surface area (Å²) in [7, 11) is 1.58. The lowest BCUT2D eigenvalue weighted by atomic mass is 10.2. The third kappa shape index (κ3) is 5.13. The number of anilines is 1. The summed E-state index contributed by atoms with van der Waals surface area (Å²) in [6.07, 6.45) is 0. The number of para-hydroxylation sites is 2. The second-order valence-electron chi connectivity index (χ2n) is 5.29. The van der Waals surface area contributed by atoms with Crippen LogP contribution in [0, 0.1) is 0 Å². The van der Waals surface area contributed by atoms with Gasteiger partial charge in [-0.25, -0.2) is 0 Å². The van der Waals surface area contributed by atoms with E-state index in [1.807, 2.05) is 36.1 Å². The van der Waals surface area contributed by atoms with Crippen molar-refractivity contribution >= 4 is 34.8 Å². The molecule has 0 heterocycles. The van der Waals surface area contributed by atoms with Crippen molar-refractivity contribution in [1.82, 2.24) is 4.90 Å². The Bertz CT molecular complexity index is 707. The van der Waals surface area contributed by atoms with Crippen molar-refractivity contribution in [3.63, 3.8) is 0 Å². The minimum atomic E-state index is -0.105. The van der Waals surface area contributed by atoms with Crippen molar-refractivity contribution in [3.8, 4) is 5.75 Å². The molecule has 0 atom stereocenters. The number of halogens is 2. The lowest BCUT2D eigenvalue weighted by Crippen LogP contribution is -2.32. The fourth-order valence-corrected chi connectivity index (χ4v) is 2.78. The zero-order valence-electron chi connectivity index (χ0n) is 13.7. The smallest absolute Gasteiger partial charge is 0.238 e. The molecule has 2 aromatic rings. The molecule has 0 aromatic heterocycles. The highest BCUT2D eigenvalue weighted by Gasteiger charge is 2.13. The van der Waals surface area contributed by atoms with E-state index in [1.165, 1.54) is 0 Å². The zero-order chi connectivity index (χ0) is 17.5. The van der Waals surface area contributed by atoms with E-state index in [9.17, 15) is 4.79 Å². The number of benzene rings is 2. The average molecular weight is 367 g/mol. The van der Waals surface area contributed by atoms with E-state index in [-0.39, 0.29) is 12.5 Å². The summed E-state index contributed by atoms with van der Waals surface area (Å²) in [5.41, 5.74) is 1.60. The van der Waals surface area contributed by atoms with Crippen LogP contribution >= 0.6 is 23.2 Å². The van der Waals surface area contributed by atoms with Gasteiger partial charge in [-0.15, -0.1) is 0 Å². The predicted octanol–water partition coefficient (Wildman–Crippen LogP) is 4.46. The van der Waals surface area contributed by atoms with Crippen LogP contribution in [0.3, 0.4) is 0 Å². The van der Waals surface area contributed by atoms with Crippen LogP contribution in [-0.4, -0.2) is 31.0 Å². The molecule has 0 bridgehead atoms. The maximum Gasteiger partial charge on any atom is 0.238 e. The molecule has 0 radical (unpaired) electrons. The normalized spacial score (nSPS) is 10.7. The SMILES string of the molecule is CCN(CC(=O)Nc1ccccc1OC)Cc1ccc(Cl)cc1Cl. The van der Waals surface area contributed by atoms with Crippen LogP contribution in [0.4, 0.5) is 5.69 Å². The van der Waals surface area contributed by atoms with E-state index in [0.717, 1.165) is 12.1 Å². The number of nitrogens with one attached hydrogen (secondary N) is 1. The molecule has 1 N–H and O–H groups in total. The van der Waals surface area contributed by atoms with Gasteiger partial charge in [0.15, 0.2) is 0 Å². The molecule has 6 heteroatoms. The number of carbonyl (C=O) groups excluding carboxylic acids is 1. The Labute approximate surface area is 152 Å². The Hall–Kier alpha value is -1.75. The first kappa shape index (κ1) is 18.6. The number of likely N-dealkylation sites (N-methyl/N-ethyl adjacent to an activating group) is 1. The fraction of sp³-hybridized carbons (Fsp3) is 0.278. The van der Waals surface area contributed by atoms with E-state index in [0.29, 0.717) is 28.0 Å². The number of nitrogens with zero attached hydrogens (tertiary/aromatic N) is 1. The van der Waals surface area contributed by atoms with Crippen molar-refractivity contribution in [3.05, 3.63) is 58.1 Å². The van der Waals surface area contributed by atoms with E-state index in [2.05, 4.69) is 5.32 Å². The number of methoxy groups -OCH3 is 1. The van der Waals surface area contributed by atoms with Gasteiger partial charge in [-0.05, 0) is 36.4 Å². The molecule has 0 aliphatic heterocycles. The highest BCUT2D eigenvalue weighted by molar-refractivity contribution is 6.35. The average Bonchev–Trinajstić information content (AvgIpc) is 2.57. The number of rotatable bonds is 7. The topological polar surface area (TPSA) is 41.6 Å². The van der Waals surface area contributed by atoms with Crippen molar-refractivity contribution in [2.75, 3.05) is 25.5 Å². The van der Waals surface area contributed by atoms with Crippen molar-refractivity contribution in [2.45, 2.75) is 13.5 Å². The van der Waals surface area contributed by atoms with Crippen molar-refractivity contribution < 1.29 is 9.53 Å². The summed E-state index contributed by atoms with van der Waals surface area (Å²) in [6.45, 7) is 3.55. The lowest BCUT2D eigenvalue weighted by molar-refractivity contribution is -0.117. The number of hydrogen-bond donors (Lipinski definition) is 1. The summed E-state index contributed by atoms with van der Waals surface area (Å²) < 4.78 is 5.24. The second kappa shape index (κ2) is 8.92. The highest BCUT2D eigenvalue weighted by Crippen LogP contribution is 2.24. The molecule has 0 spiro atoms. The van der Waals surface area contributed by atoms with Gasteiger partial charge < -0.3 is 10.1 Å². The minimum Gasteiger partial charge on any atom is -0.495 e. The minimum absolute atomic E-state index is 0.105. The largest absolute Gasteiger partial charge is 0.495 e. The predicted molar refractivity (Wildman–Crippen MR) is 99.0 cm³/mol. The molecule has 2 aromatic carbocycles. The third-order valence-corrected chi connectivity index (χ3v) is 4.19. The Morgan fingerprint density at radius 1 is 1.21 bits per heavy atom. The summed E-state index contributed by atoms with van der Waals surface area (Å²) in [6, 6.07) is 12.7. The molecule has 0 saturated carbocycles. The van der Waals surface area contributed by atoms with E-state index in [4.69, 9.17) is 27.9 Å². The molecule has 0 unspecified atom stereocenters. The van der Waals surface area contributed by atoms with Gasteiger partial charge >= 0.3 is 0 Å². The molecule has 0 aliphatic carbocycles. The number of carbonyl (C=O) groups is 1. The fourth-order valence-electron chi connectivity index (χ4n) is 2.31. The highest BCUT2D eigenvalue weighted by atomic mass is 35.5. The molecule has 0 aliphatic rings. The molecule has 2 rings (SSSR count). The van der Waals surface area contributed by atoms with Crippen LogP contribution in [0.25, 0.3) is 0 Å². The summed E-state index contributed by atoms with van der Waals surface area (Å²) in [4.78, 5) is 14.3. The van der Waals surface area contributed by atoms with Gasteiger partial charge in [-0.1, -0.05) is 48.3 Å². The van der Waals surface area contributed by atoms with Crippen LogP contribution in [0.5, 0.6) is 5.75 Å². The molecular weight excluding hydrogens is 347 g/mol. The lowest BCUT2D eigenvalue weighted by Gasteiger charge is -2.21. The second-order valence-corrected chi connectivity index (χ2v) is 6.13. The van der Waals surface area contributed by atoms with Gasteiger partial charge in [0.2, 0.25) is 5.91 Å². The number of hydrogen-bond acceptors (Lipinski definition) is 3. The van der Waals surface area contributed by atoms with E-state index >= 15 is 0 Å². The van der Waals surface area contributed by atoms with Crippen LogP contribution in [-0.2, 0) is 11.3 Å². The van der Waals surface area contributed by atoms with Crippen LogP contribution in [0.2, 0.25) is 10.0 Å². The number of amides is 1. The molecule has 0 saturated heterocycles. The van der Waals surface area contributed by atoms with E-state index in [1.54, 1.807) is 25.3 Å². The van der Waals surface area contributed by atoms with Crippen molar-refractivity contribution in [1.29, 1.82) is 0 Å². The summed E-state index contributed by atoms with van der Waals surface area (Å²) >= 11 is 12.1. The molecule has 4 nitrogen and oxygen atoms in total. The summed E-state index contributed by atoms with van der Waals surface area (Å²) in [5, 5.41) is 4.08. The molecule has 0 fully saturated rings. The Kier molecular flexibility index (Phi) is 6.91. The van der Waals surface area contributed by atoms with Gasteiger partial charge in [-0.2, -0.15) is 0 Å². The maximum absolute atomic E-state index is 12.3. The first-order valence-corrected chi connectivity index (χ1v) is 8.38. The first-order chi connectivity index (χ1) is 11.5. The zero-order valence-corrected chi connectivity index (χ0v) is 15.2. The maximum atomic E-state index is 12.3. The Balaban J connectivity index is 2.00. The van der Waals surface area contributed by atoms with Gasteiger partial charge in [-0.3, -0.25) is 9.69 Å². The standard InChI is InChI=1S/C18H20Cl2N2O2/c1-3-22(11-13-8-9-14(19)10-15(13)20)12-18(23)21-16-6-4-5-7-17(16)24-2/h4-10H,3,11-12H2,1-2H3,(H,21,23).